The average molecular weight is 282 g/mol. The highest BCUT2D eigenvalue weighted by Gasteiger charge is 2.20. The molecule has 0 amide bonds. The maximum atomic E-state index is 13.8. The highest BCUT2D eigenvalue weighted by Crippen LogP contribution is 2.32. The molecule has 0 saturated heterocycles. The van der Waals surface area contributed by atoms with Gasteiger partial charge in [-0.3, -0.25) is 0 Å². The zero-order valence-electron chi connectivity index (χ0n) is 10.7. The maximum absolute atomic E-state index is 13.8. The first kappa shape index (κ1) is 14.4. The molecule has 0 spiro atoms. The van der Waals surface area contributed by atoms with Gasteiger partial charge in [0.2, 0.25) is 0 Å². The number of benzene rings is 2. The van der Waals surface area contributed by atoms with Crippen LogP contribution in [0.3, 0.4) is 0 Å². The molecule has 2 aromatic rings. The normalized spacial score (nSPS) is 12.5. The van der Waals surface area contributed by atoms with Crippen LogP contribution in [0.15, 0.2) is 42.5 Å². The molecule has 0 aliphatic heterocycles. The van der Waals surface area contributed by atoms with Crippen molar-refractivity contribution in [2.24, 2.45) is 0 Å². The van der Waals surface area contributed by atoms with Gasteiger partial charge in [0.15, 0.2) is 0 Å². The number of hydrogen-bond acceptors (Lipinski definition) is 2. The Labute approximate surface area is 114 Å². The number of para-hydroxylation sites is 1. The largest absolute Gasteiger partial charge is 0.434 e. The van der Waals surface area contributed by atoms with E-state index < -0.39 is 18.5 Å². The van der Waals surface area contributed by atoms with Crippen LogP contribution < -0.4 is 4.74 Å². The Kier molecular flexibility index (Phi) is 4.29. The van der Waals surface area contributed by atoms with Gasteiger partial charge in [-0.1, -0.05) is 35.9 Å². The van der Waals surface area contributed by atoms with Crippen molar-refractivity contribution in [3.63, 3.8) is 0 Å². The molecule has 2 nitrogen and oxygen atoms in total. The summed E-state index contributed by atoms with van der Waals surface area (Å²) in [6.07, 6.45) is -1.37. The van der Waals surface area contributed by atoms with Crippen molar-refractivity contribution in [3.8, 4) is 5.75 Å². The van der Waals surface area contributed by atoms with Crippen molar-refractivity contribution in [3.05, 3.63) is 65.0 Å². The van der Waals surface area contributed by atoms with Gasteiger partial charge in [-0.25, -0.2) is 4.39 Å². The first-order valence-electron chi connectivity index (χ1n) is 5.97. The summed E-state index contributed by atoms with van der Waals surface area (Å²) in [5.41, 5.74) is 0.875. The standard InChI is InChI=1S/C15H13F3O2/c1-9-6-7-12(16)11(8-9)14(19)10-4-2-3-5-13(10)20-15(17)18/h2-8,14-15,19H,1H3. The highest BCUT2D eigenvalue weighted by molar-refractivity contribution is 5.41. The van der Waals surface area contributed by atoms with Gasteiger partial charge in [0.25, 0.3) is 0 Å². The minimum atomic E-state index is -3.01. The number of aliphatic hydroxyl groups excluding tert-OH is 1. The van der Waals surface area contributed by atoms with Crippen LogP contribution in [0.25, 0.3) is 0 Å². The molecule has 0 fully saturated rings. The lowest BCUT2D eigenvalue weighted by atomic mass is 9.98. The number of alkyl halides is 2. The van der Waals surface area contributed by atoms with E-state index in [2.05, 4.69) is 4.74 Å². The minimum absolute atomic E-state index is 0.0234. The molecule has 2 aromatic carbocycles. The van der Waals surface area contributed by atoms with E-state index in [9.17, 15) is 18.3 Å². The molecule has 2 rings (SSSR count). The molecule has 0 aliphatic rings. The van der Waals surface area contributed by atoms with Crippen molar-refractivity contribution < 1.29 is 23.0 Å². The van der Waals surface area contributed by atoms with Crippen LogP contribution in [0.4, 0.5) is 13.2 Å². The summed E-state index contributed by atoms with van der Waals surface area (Å²) < 4.78 is 42.8. The highest BCUT2D eigenvalue weighted by atomic mass is 19.3. The predicted octanol–water partition coefficient (Wildman–Crippen LogP) is 3.82. The van der Waals surface area contributed by atoms with Gasteiger partial charge in [0.05, 0.1) is 0 Å². The molecule has 0 heterocycles. The summed E-state index contributed by atoms with van der Waals surface area (Å²) in [6, 6.07) is 10.0. The molecule has 0 aliphatic carbocycles. The second-order valence-electron chi connectivity index (χ2n) is 4.34. The van der Waals surface area contributed by atoms with Gasteiger partial charge in [-0.15, -0.1) is 0 Å². The van der Waals surface area contributed by atoms with E-state index >= 15 is 0 Å². The Bertz CT molecular complexity index is 599. The van der Waals surface area contributed by atoms with Crippen molar-refractivity contribution in [2.75, 3.05) is 0 Å². The first-order valence-corrected chi connectivity index (χ1v) is 5.97. The van der Waals surface area contributed by atoms with E-state index in [1.807, 2.05) is 0 Å². The fourth-order valence-corrected chi connectivity index (χ4v) is 1.95. The zero-order valence-corrected chi connectivity index (χ0v) is 10.7. The molecule has 106 valence electrons. The van der Waals surface area contributed by atoms with Gasteiger partial charge in [0.1, 0.15) is 17.7 Å². The Morgan fingerprint density at radius 1 is 1.05 bits per heavy atom. The molecular formula is C15H13F3O2. The van der Waals surface area contributed by atoms with Crippen molar-refractivity contribution in [1.82, 2.24) is 0 Å². The second-order valence-corrected chi connectivity index (χ2v) is 4.34. The van der Waals surface area contributed by atoms with Gasteiger partial charge in [-0.05, 0) is 19.1 Å². The van der Waals surface area contributed by atoms with Crippen LogP contribution in [-0.4, -0.2) is 11.7 Å². The quantitative estimate of drug-likeness (QED) is 0.923. The molecule has 20 heavy (non-hydrogen) atoms. The number of aliphatic hydroxyl groups is 1. The van der Waals surface area contributed by atoms with E-state index in [0.717, 1.165) is 5.56 Å². The molecule has 0 saturated carbocycles. The lowest BCUT2D eigenvalue weighted by Gasteiger charge is -2.17. The molecule has 0 aromatic heterocycles. The Hall–Kier alpha value is -2.01. The smallest absolute Gasteiger partial charge is 0.387 e. The fourth-order valence-electron chi connectivity index (χ4n) is 1.95. The van der Waals surface area contributed by atoms with Gasteiger partial charge < -0.3 is 9.84 Å². The third-order valence-corrected chi connectivity index (χ3v) is 2.88. The zero-order chi connectivity index (χ0) is 14.7. The molecule has 0 radical (unpaired) electrons. The number of halogens is 3. The number of aryl methyl sites for hydroxylation is 1. The van der Waals surface area contributed by atoms with Crippen LogP contribution in [0.2, 0.25) is 0 Å². The van der Waals surface area contributed by atoms with Crippen LogP contribution >= 0.6 is 0 Å². The number of hydrogen-bond donors (Lipinski definition) is 1. The van der Waals surface area contributed by atoms with Crippen molar-refractivity contribution in [1.29, 1.82) is 0 Å². The van der Waals surface area contributed by atoms with Crippen molar-refractivity contribution >= 4 is 0 Å². The van der Waals surface area contributed by atoms with E-state index in [-0.39, 0.29) is 16.9 Å². The summed E-state index contributed by atoms with van der Waals surface area (Å²) in [4.78, 5) is 0. The molecule has 1 unspecified atom stereocenters. The summed E-state index contributed by atoms with van der Waals surface area (Å²) in [6.45, 7) is -1.26. The molecule has 0 bridgehead atoms. The topological polar surface area (TPSA) is 29.5 Å². The third kappa shape index (κ3) is 3.11. The van der Waals surface area contributed by atoms with E-state index in [1.165, 1.54) is 30.3 Å². The Balaban J connectivity index is 2.42. The van der Waals surface area contributed by atoms with Crippen molar-refractivity contribution in [2.45, 2.75) is 19.6 Å². The van der Waals surface area contributed by atoms with E-state index in [1.54, 1.807) is 19.1 Å². The number of rotatable bonds is 4. The number of ether oxygens (including phenoxy) is 1. The molecular weight excluding hydrogens is 269 g/mol. The lowest BCUT2D eigenvalue weighted by molar-refractivity contribution is -0.0512. The van der Waals surface area contributed by atoms with Crippen LogP contribution in [0.5, 0.6) is 5.75 Å². The van der Waals surface area contributed by atoms with E-state index in [4.69, 9.17) is 0 Å². The van der Waals surface area contributed by atoms with Crippen LogP contribution in [0, 0.1) is 12.7 Å². The molecule has 5 heteroatoms. The molecule has 1 N–H and O–H groups in total. The minimum Gasteiger partial charge on any atom is -0.434 e. The molecule has 1 atom stereocenters. The summed E-state index contributed by atoms with van der Waals surface area (Å²) in [5.74, 6) is -0.772. The van der Waals surface area contributed by atoms with Gasteiger partial charge in [-0.2, -0.15) is 8.78 Å². The average Bonchev–Trinajstić information content (AvgIpc) is 2.41. The van der Waals surface area contributed by atoms with Crippen LogP contribution in [-0.2, 0) is 0 Å². The van der Waals surface area contributed by atoms with Gasteiger partial charge in [0, 0.05) is 11.1 Å². The van der Waals surface area contributed by atoms with Crippen LogP contribution in [0.1, 0.15) is 22.8 Å². The second kappa shape index (κ2) is 5.96. The lowest BCUT2D eigenvalue weighted by Crippen LogP contribution is -2.09. The monoisotopic (exact) mass is 282 g/mol. The van der Waals surface area contributed by atoms with Gasteiger partial charge >= 0.3 is 6.61 Å². The Morgan fingerprint density at radius 2 is 1.75 bits per heavy atom. The fraction of sp³-hybridized carbons (Fsp3) is 0.200. The summed E-state index contributed by atoms with van der Waals surface area (Å²) >= 11 is 0. The third-order valence-electron chi connectivity index (χ3n) is 2.88. The Morgan fingerprint density at radius 3 is 2.45 bits per heavy atom. The first-order chi connectivity index (χ1) is 9.49. The van der Waals surface area contributed by atoms with E-state index in [0.29, 0.717) is 0 Å². The predicted molar refractivity (Wildman–Crippen MR) is 68.3 cm³/mol. The maximum Gasteiger partial charge on any atom is 0.387 e. The SMILES string of the molecule is Cc1ccc(F)c(C(O)c2ccccc2OC(F)F)c1. The summed E-state index contributed by atoms with van der Waals surface area (Å²) in [7, 11) is 0. The summed E-state index contributed by atoms with van der Waals surface area (Å²) in [5, 5.41) is 10.2.